The van der Waals surface area contributed by atoms with Gasteiger partial charge in [0.15, 0.2) is 4.96 Å². The number of fused-ring (bicyclic) bond motifs is 1. The molecule has 1 fully saturated rings. The lowest BCUT2D eigenvalue weighted by Gasteiger charge is -2.28. The topological polar surface area (TPSA) is 96.7 Å². The number of carbonyl (C=O) groups is 1. The third-order valence-corrected chi connectivity index (χ3v) is 8.64. The van der Waals surface area contributed by atoms with E-state index in [0.717, 1.165) is 69.6 Å². The van der Waals surface area contributed by atoms with Crippen molar-refractivity contribution in [3.8, 4) is 22.6 Å². The van der Waals surface area contributed by atoms with Gasteiger partial charge < -0.3 is 20.3 Å². The van der Waals surface area contributed by atoms with Gasteiger partial charge in [-0.3, -0.25) is 9.20 Å². The quantitative estimate of drug-likeness (QED) is 0.180. The van der Waals surface area contributed by atoms with E-state index >= 15 is 0 Å². The van der Waals surface area contributed by atoms with Crippen LogP contribution < -0.4 is 15.5 Å². The molecule has 1 aliphatic rings. The molecule has 2 N–H and O–H groups in total. The Labute approximate surface area is 266 Å². The van der Waals surface area contributed by atoms with E-state index in [4.69, 9.17) is 14.7 Å². The van der Waals surface area contributed by atoms with Crippen LogP contribution in [0.1, 0.15) is 5.56 Å². The second-order valence-electron chi connectivity index (χ2n) is 10.3. The molecule has 220 valence electrons. The molecule has 1 aliphatic heterocycles. The molecule has 9 nitrogen and oxygen atoms in total. The van der Waals surface area contributed by atoms with Crippen molar-refractivity contribution in [1.29, 1.82) is 0 Å². The summed E-state index contributed by atoms with van der Waals surface area (Å²) in [6, 6.07) is 25.7. The molecule has 0 spiro atoms. The number of rotatable bonds is 8. The van der Waals surface area contributed by atoms with Crippen LogP contribution in [0.2, 0.25) is 0 Å². The molecule has 7 rings (SSSR count). The fourth-order valence-electron chi connectivity index (χ4n) is 5.23. The average Bonchev–Trinajstić information content (AvgIpc) is 3.65. The molecule has 11 heteroatoms. The fraction of sp³-hybridized carbons (Fsp3) is 0.152. The molecule has 0 unspecified atom stereocenters. The van der Waals surface area contributed by atoms with Crippen molar-refractivity contribution in [3.63, 3.8) is 0 Å². The summed E-state index contributed by atoms with van der Waals surface area (Å²) < 4.78 is 8.50. The number of halogens is 1. The van der Waals surface area contributed by atoms with E-state index < -0.39 is 0 Å². The van der Waals surface area contributed by atoms with Crippen LogP contribution in [0.5, 0.6) is 0 Å². The van der Waals surface area contributed by atoms with Gasteiger partial charge in [-0.2, -0.15) is 0 Å². The van der Waals surface area contributed by atoms with E-state index in [-0.39, 0.29) is 12.3 Å². The van der Waals surface area contributed by atoms with Crippen molar-refractivity contribution >= 4 is 61.1 Å². The van der Waals surface area contributed by atoms with Gasteiger partial charge in [0.2, 0.25) is 11.9 Å². The van der Waals surface area contributed by atoms with Crippen LogP contribution in [0, 0.1) is 0 Å². The molecule has 1 amide bonds. The number of ether oxygens (including phenoxy) is 1. The Balaban J connectivity index is 1.13. The highest BCUT2D eigenvalue weighted by Gasteiger charge is 2.19. The summed E-state index contributed by atoms with van der Waals surface area (Å²) in [5, 5.41) is 8.39. The Hall–Kier alpha value is -4.58. The highest BCUT2D eigenvalue weighted by atomic mass is 79.9. The Morgan fingerprint density at radius 2 is 1.77 bits per heavy atom. The maximum absolute atomic E-state index is 12.8. The number of morpholine rings is 1. The third kappa shape index (κ3) is 6.21. The zero-order valence-corrected chi connectivity index (χ0v) is 26.0. The van der Waals surface area contributed by atoms with E-state index in [9.17, 15) is 4.79 Å². The monoisotopic (exact) mass is 665 g/mol. The lowest BCUT2D eigenvalue weighted by molar-refractivity contribution is -0.115. The Morgan fingerprint density at radius 3 is 2.59 bits per heavy atom. The standard InChI is InChI=1S/C33H28BrN7O2S/c34-24-6-4-22(5-7-24)20-29(42)36-26-3-1-2-23(21-26)30-31(41-16-19-44-33(41)39-30)28-12-13-35-32(38-28)37-25-8-10-27(11-9-25)40-14-17-43-18-15-40/h1-13,16,19,21H,14-15,17-18,20H2,(H,36,42)(H,35,37,38). The molecule has 4 heterocycles. The fourth-order valence-corrected chi connectivity index (χ4v) is 6.20. The second kappa shape index (κ2) is 12.6. The highest BCUT2D eigenvalue weighted by Crippen LogP contribution is 2.35. The van der Waals surface area contributed by atoms with E-state index in [1.807, 2.05) is 82.7 Å². The lowest BCUT2D eigenvalue weighted by Crippen LogP contribution is -2.36. The highest BCUT2D eigenvalue weighted by molar-refractivity contribution is 9.10. The normalized spacial score (nSPS) is 13.2. The van der Waals surface area contributed by atoms with Crippen LogP contribution >= 0.6 is 27.3 Å². The summed E-state index contributed by atoms with van der Waals surface area (Å²) in [7, 11) is 0. The molecular weight excluding hydrogens is 638 g/mol. The number of anilines is 4. The molecule has 0 aliphatic carbocycles. The first-order valence-corrected chi connectivity index (χ1v) is 15.9. The van der Waals surface area contributed by atoms with Crippen LogP contribution in [-0.4, -0.2) is 51.6 Å². The van der Waals surface area contributed by atoms with Gasteiger partial charge in [-0.25, -0.2) is 15.0 Å². The lowest BCUT2D eigenvalue weighted by atomic mass is 10.1. The molecule has 1 saturated heterocycles. The molecule has 3 aromatic heterocycles. The number of hydrogen-bond acceptors (Lipinski definition) is 8. The number of aromatic nitrogens is 4. The van der Waals surface area contributed by atoms with Crippen molar-refractivity contribution < 1.29 is 9.53 Å². The van der Waals surface area contributed by atoms with Gasteiger partial charge in [0.05, 0.1) is 31.0 Å². The predicted molar refractivity (Wildman–Crippen MR) is 179 cm³/mol. The van der Waals surface area contributed by atoms with Crippen LogP contribution in [0.15, 0.2) is 101 Å². The van der Waals surface area contributed by atoms with Gasteiger partial charge >= 0.3 is 0 Å². The minimum Gasteiger partial charge on any atom is -0.378 e. The SMILES string of the molecule is O=C(Cc1ccc(Br)cc1)Nc1cccc(-c2nc3sccn3c2-c2ccnc(Nc3ccc(N4CCOCC4)cc3)n2)c1. The van der Waals surface area contributed by atoms with Crippen molar-refractivity contribution in [1.82, 2.24) is 19.4 Å². The zero-order chi connectivity index (χ0) is 29.9. The maximum atomic E-state index is 12.8. The van der Waals surface area contributed by atoms with E-state index in [0.29, 0.717) is 11.6 Å². The summed E-state index contributed by atoms with van der Waals surface area (Å²) in [5.74, 6) is 0.409. The molecule has 0 radical (unpaired) electrons. The number of carbonyl (C=O) groups excluding carboxylic acids is 1. The Morgan fingerprint density at radius 1 is 0.955 bits per heavy atom. The van der Waals surface area contributed by atoms with Gasteiger partial charge in [0.25, 0.3) is 0 Å². The van der Waals surface area contributed by atoms with Crippen molar-refractivity contribution in [2.45, 2.75) is 6.42 Å². The summed E-state index contributed by atoms with van der Waals surface area (Å²) in [5.41, 5.74) is 6.97. The van der Waals surface area contributed by atoms with Gasteiger partial charge in [-0.05, 0) is 60.2 Å². The Kier molecular flexibility index (Phi) is 8.06. The second-order valence-corrected chi connectivity index (χ2v) is 12.1. The molecule has 0 bridgehead atoms. The average molecular weight is 667 g/mol. The predicted octanol–water partition coefficient (Wildman–Crippen LogP) is 7.04. The van der Waals surface area contributed by atoms with Crippen LogP contribution in [0.3, 0.4) is 0 Å². The van der Waals surface area contributed by atoms with Crippen LogP contribution in [-0.2, 0) is 16.0 Å². The third-order valence-electron chi connectivity index (χ3n) is 7.36. The molecular formula is C33H28BrN7O2S. The first kappa shape index (κ1) is 28.2. The van der Waals surface area contributed by atoms with Gasteiger partial charge in [-0.1, -0.05) is 40.2 Å². The number of nitrogens with zero attached hydrogens (tertiary/aromatic N) is 5. The van der Waals surface area contributed by atoms with Crippen LogP contribution in [0.25, 0.3) is 27.6 Å². The summed E-state index contributed by atoms with van der Waals surface area (Å²) in [6.45, 7) is 3.29. The van der Waals surface area contributed by atoms with E-state index in [1.165, 1.54) is 5.69 Å². The minimum atomic E-state index is -0.0833. The smallest absolute Gasteiger partial charge is 0.228 e. The number of benzene rings is 3. The largest absolute Gasteiger partial charge is 0.378 e. The van der Waals surface area contributed by atoms with Crippen LogP contribution in [0.4, 0.5) is 23.0 Å². The number of hydrogen-bond donors (Lipinski definition) is 2. The molecule has 44 heavy (non-hydrogen) atoms. The molecule has 0 saturated carbocycles. The summed E-state index contributed by atoms with van der Waals surface area (Å²) in [6.07, 6.45) is 4.03. The molecule has 3 aromatic carbocycles. The maximum Gasteiger partial charge on any atom is 0.228 e. The first-order valence-electron chi connectivity index (χ1n) is 14.2. The number of amides is 1. The number of nitrogens with one attached hydrogen (secondary N) is 2. The molecule has 6 aromatic rings. The molecule has 0 atom stereocenters. The number of imidazole rings is 1. The van der Waals surface area contributed by atoms with Crippen molar-refractivity contribution in [2.75, 3.05) is 41.8 Å². The van der Waals surface area contributed by atoms with Gasteiger partial charge in [0, 0.05) is 58.0 Å². The van der Waals surface area contributed by atoms with E-state index in [1.54, 1.807) is 17.5 Å². The first-order chi connectivity index (χ1) is 21.6. The summed E-state index contributed by atoms with van der Waals surface area (Å²) >= 11 is 4.99. The zero-order valence-electron chi connectivity index (χ0n) is 23.6. The van der Waals surface area contributed by atoms with Crippen molar-refractivity contribution in [3.05, 3.63) is 107 Å². The Bertz CT molecular complexity index is 1920. The van der Waals surface area contributed by atoms with Gasteiger partial charge in [-0.15, -0.1) is 11.3 Å². The number of thiazole rings is 1. The summed E-state index contributed by atoms with van der Waals surface area (Å²) in [4.78, 5) is 30.3. The van der Waals surface area contributed by atoms with Crippen molar-refractivity contribution in [2.24, 2.45) is 0 Å². The minimum absolute atomic E-state index is 0.0833. The van der Waals surface area contributed by atoms with E-state index in [2.05, 4.69) is 48.6 Å². The van der Waals surface area contributed by atoms with Gasteiger partial charge in [0.1, 0.15) is 5.69 Å².